The van der Waals surface area contributed by atoms with Crippen LogP contribution in [0.4, 0.5) is 13.2 Å². The van der Waals surface area contributed by atoms with Crippen molar-refractivity contribution in [1.82, 2.24) is 4.90 Å². The van der Waals surface area contributed by atoms with Gasteiger partial charge in [-0.05, 0) is 24.0 Å². The third kappa shape index (κ3) is 3.00. The lowest BCUT2D eigenvalue weighted by molar-refractivity contribution is -0.191. The molecule has 0 saturated carbocycles. The summed E-state index contributed by atoms with van der Waals surface area (Å²) in [6.07, 6.45) is -4.15. The van der Waals surface area contributed by atoms with Gasteiger partial charge in [-0.25, -0.2) is 0 Å². The third-order valence-corrected chi connectivity index (χ3v) is 3.19. The molecule has 0 aromatic heterocycles. The fraction of sp³-hybridized carbons (Fsp3) is 0.462. The van der Waals surface area contributed by atoms with E-state index in [2.05, 4.69) is 0 Å². The van der Waals surface area contributed by atoms with Gasteiger partial charge in [-0.15, -0.1) is 0 Å². The Hall–Kier alpha value is -1.72. The van der Waals surface area contributed by atoms with Crippen LogP contribution in [0.2, 0.25) is 0 Å². The van der Waals surface area contributed by atoms with Crippen LogP contribution in [0.1, 0.15) is 5.56 Å². The van der Waals surface area contributed by atoms with Gasteiger partial charge >= 0.3 is 12.1 Å². The molecule has 1 heterocycles. The molecule has 0 aliphatic carbocycles. The van der Waals surface area contributed by atoms with Crippen LogP contribution in [0.5, 0.6) is 5.75 Å². The second-order valence-electron chi connectivity index (χ2n) is 4.59. The summed E-state index contributed by atoms with van der Waals surface area (Å²) in [5, 5.41) is 0. The van der Waals surface area contributed by atoms with E-state index in [1.54, 1.807) is 7.11 Å². The van der Waals surface area contributed by atoms with Crippen molar-refractivity contribution in [3.63, 3.8) is 0 Å². The molecule has 6 heteroatoms. The summed E-state index contributed by atoms with van der Waals surface area (Å²) >= 11 is 0. The standard InChI is InChI=1S/C13H14F3NO2/c1-19-11-5-3-2-4-10(11)6-9-7-17(8-9)12(18)13(14,15)16/h2-5,9H,6-8H2,1H3. The van der Waals surface area contributed by atoms with E-state index < -0.39 is 12.1 Å². The zero-order valence-corrected chi connectivity index (χ0v) is 10.4. The van der Waals surface area contributed by atoms with Gasteiger partial charge in [0.15, 0.2) is 0 Å². The Morgan fingerprint density at radius 3 is 2.58 bits per heavy atom. The molecular formula is C13H14F3NO2. The minimum absolute atomic E-state index is 0.0580. The van der Waals surface area contributed by atoms with Crippen LogP contribution in [0.25, 0.3) is 0 Å². The number of carbonyl (C=O) groups excluding carboxylic acids is 1. The molecule has 1 amide bonds. The topological polar surface area (TPSA) is 29.5 Å². The van der Waals surface area contributed by atoms with E-state index in [1.165, 1.54) is 0 Å². The highest BCUT2D eigenvalue weighted by atomic mass is 19.4. The van der Waals surface area contributed by atoms with Gasteiger partial charge in [0.25, 0.3) is 0 Å². The number of amides is 1. The summed E-state index contributed by atoms with van der Waals surface area (Å²) in [6.45, 7) is 0.298. The molecule has 1 aromatic rings. The molecule has 0 atom stereocenters. The molecule has 0 unspecified atom stereocenters. The molecule has 2 rings (SSSR count). The third-order valence-electron chi connectivity index (χ3n) is 3.19. The van der Waals surface area contributed by atoms with Gasteiger partial charge in [0, 0.05) is 13.1 Å². The van der Waals surface area contributed by atoms with Crippen molar-refractivity contribution in [3.05, 3.63) is 29.8 Å². The first kappa shape index (κ1) is 13.7. The van der Waals surface area contributed by atoms with Crippen molar-refractivity contribution in [3.8, 4) is 5.75 Å². The van der Waals surface area contributed by atoms with Gasteiger partial charge in [0.1, 0.15) is 5.75 Å². The van der Waals surface area contributed by atoms with Crippen molar-refractivity contribution in [2.75, 3.05) is 20.2 Å². The number of benzene rings is 1. The summed E-state index contributed by atoms with van der Waals surface area (Å²) < 4.78 is 41.7. The van der Waals surface area contributed by atoms with Crippen molar-refractivity contribution < 1.29 is 22.7 Å². The molecule has 0 bridgehead atoms. The molecule has 19 heavy (non-hydrogen) atoms. The smallest absolute Gasteiger partial charge is 0.471 e. The van der Waals surface area contributed by atoms with Gasteiger partial charge in [-0.2, -0.15) is 13.2 Å². The van der Waals surface area contributed by atoms with Gasteiger partial charge in [0.2, 0.25) is 0 Å². The fourth-order valence-corrected chi connectivity index (χ4v) is 2.23. The Morgan fingerprint density at radius 2 is 2.00 bits per heavy atom. The monoisotopic (exact) mass is 273 g/mol. The lowest BCUT2D eigenvalue weighted by atomic mass is 9.91. The molecule has 0 radical (unpaired) electrons. The van der Waals surface area contributed by atoms with Gasteiger partial charge in [-0.1, -0.05) is 18.2 Å². The number of rotatable bonds is 3. The maximum Gasteiger partial charge on any atom is 0.471 e. The SMILES string of the molecule is COc1ccccc1CC1CN(C(=O)C(F)(F)F)C1. The first-order valence-corrected chi connectivity index (χ1v) is 5.90. The van der Waals surface area contributed by atoms with E-state index in [-0.39, 0.29) is 19.0 Å². The molecule has 1 fully saturated rings. The van der Waals surface area contributed by atoms with E-state index in [1.807, 2.05) is 24.3 Å². The van der Waals surface area contributed by atoms with Gasteiger partial charge in [0.05, 0.1) is 7.11 Å². The Labute approximate surface area is 109 Å². The number of hydrogen-bond donors (Lipinski definition) is 0. The van der Waals surface area contributed by atoms with Crippen LogP contribution in [0, 0.1) is 5.92 Å². The van der Waals surface area contributed by atoms with Crippen LogP contribution >= 0.6 is 0 Å². The summed E-state index contributed by atoms with van der Waals surface area (Å²) in [5.74, 6) is -0.963. The van der Waals surface area contributed by atoms with Crippen LogP contribution in [0.15, 0.2) is 24.3 Å². The molecule has 1 saturated heterocycles. The highest BCUT2D eigenvalue weighted by Crippen LogP contribution is 2.29. The number of likely N-dealkylation sites (tertiary alicyclic amines) is 1. The van der Waals surface area contributed by atoms with E-state index in [4.69, 9.17) is 4.74 Å². The van der Waals surface area contributed by atoms with Crippen LogP contribution in [-0.4, -0.2) is 37.2 Å². The van der Waals surface area contributed by atoms with Crippen LogP contribution in [0.3, 0.4) is 0 Å². The van der Waals surface area contributed by atoms with Gasteiger partial charge in [-0.3, -0.25) is 4.79 Å². The van der Waals surface area contributed by atoms with Crippen LogP contribution < -0.4 is 4.74 Å². The second-order valence-corrected chi connectivity index (χ2v) is 4.59. The Balaban J connectivity index is 1.90. The number of ether oxygens (including phenoxy) is 1. The lowest BCUT2D eigenvalue weighted by Crippen LogP contribution is -2.54. The minimum atomic E-state index is -4.77. The van der Waals surface area contributed by atoms with Crippen LogP contribution in [-0.2, 0) is 11.2 Å². The van der Waals surface area contributed by atoms with E-state index in [0.29, 0.717) is 6.42 Å². The number of carbonyl (C=O) groups is 1. The van der Waals surface area contributed by atoms with E-state index >= 15 is 0 Å². The molecule has 1 aliphatic heterocycles. The first-order valence-electron chi connectivity index (χ1n) is 5.90. The zero-order chi connectivity index (χ0) is 14.0. The maximum atomic E-state index is 12.2. The Kier molecular flexibility index (Phi) is 3.68. The number of hydrogen-bond acceptors (Lipinski definition) is 2. The largest absolute Gasteiger partial charge is 0.496 e. The number of alkyl halides is 3. The van der Waals surface area contributed by atoms with Crippen molar-refractivity contribution >= 4 is 5.91 Å². The molecule has 1 aliphatic rings. The fourth-order valence-electron chi connectivity index (χ4n) is 2.23. The van der Waals surface area contributed by atoms with Crippen molar-refractivity contribution in [2.45, 2.75) is 12.6 Å². The summed E-state index contributed by atoms with van der Waals surface area (Å²) in [7, 11) is 1.55. The normalized spacial score (nSPS) is 16.1. The minimum Gasteiger partial charge on any atom is -0.496 e. The number of halogens is 3. The number of methoxy groups -OCH3 is 1. The number of para-hydroxylation sites is 1. The molecule has 0 spiro atoms. The Bertz CT molecular complexity index is 467. The van der Waals surface area contributed by atoms with E-state index in [0.717, 1.165) is 16.2 Å². The molecule has 104 valence electrons. The molecular weight excluding hydrogens is 259 g/mol. The van der Waals surface area contributed by atoms with Gasteiger partial charge < -0.3 is 9.64 Å². The maximum absolute atomic E-state index is 12.2. The highest BCUT2D eigenvalue weighted by molar-refractivity contribution is 5.82. The predicted octanol–water partition coefficient (Wildman–Crippen LogP) is 2.26. The highest BCUT2D eigenvalue weighted by Gasteiger charge is 2.46. The summed E-state index contributed by atoms with van der Waals surface area (Å²) in [6, 6.07) is 7.39. The Morgan fingerprint density at radius 1 is 1.37 bits per heavy atom. The second kappa shape index (κ2) is 5.11. The summed E-state index contributed by atoms with van der Waals surface area (Å²) in [5.41, 5.74) is 0.953. The number of nitrogens with zero attached hydrogens (tertiary/aromatic N) is 1. The lowest BCUT2D eigenvalue weighted by Gasteiger charge is -2.39. The quantitative estimate of drug-likeness (QED) is 0.845. The van der Waals surface area contributed by atoms with E-state index in [9.17, 15) is 18.0 Å². The molecule has 3 nitrogen and oxygen atoms in total. The van der Waals surface area contributed by atoms with Crippen molar-refractivity contribution in [1.29, 1.82) is 0 Å². The predicted molar refractivity (Wildman–Crippen MR) is 62.8 cm³/mol. The molecule has 0 N–H and O–H groups in total. The van der Waals surface area contributed by atoms with Crippen molar-refractivity contribution in [2.24, 2.45) is 5.92 Å². The average molecular weight is 273 g/mol. The average Bonchev–Trinajstić information content (AvgIpc) is 2.31. The molecule has 1 aromatic carbocycles. The first-order chi connectivity index (χ1) is 8.91. The summed E-state index contributed by atoms with van der Waals surface area (Å²) in [4.78, 5) is 11.8. The zero-order valence-electron chi connectivity index (χ0n) is 10.4.